The van der Waals surface area contributed by atoms with E-state index in [1.165, 1.54) is 0 Å². The van der Waals surface area contributed by atoms with Gasteiger partial charge in [0.15, 0.2) is 5.76 Å². The molecule has 50 valence electrons. The van der Waals surface area contributed by atoms with E-state index in [4.69, 9.17) is 4.74 Å². The molecule has 1 nitrogen and oxygen atoms in total. The second kappa shape index (κ2) is 5.20. The van der Waals surface area contributed by atoms with Crippen molar-refractivity contribution in [1.82, 2.24) is 0 Å². The third-order valence-electron chi connectivity index (χ3n) is 0.821. The van der Waals surface area contributed by atoms with E-state index >= 15 is 0 Å². The van der Waals surface area contributed by atoms with Gasteiger partial charge in [-0.05, 0) is 12.5 Å². The zero-order valence-corrected chi connectivity index (χ0v) is 5.81. The fourth-order valence-corrected chi connectivity index (χ4v) is 0.394. The molecule has 0 aliphatic heterocycles. The van der Waals surface area contributed by atoms with E-state index in [1.807, 2.05) is 6.92 Å². The fourth-order valence-electron chi connectivity index (χ4n) is 0.394. The molecule has 0 spiro atoms. The normalized spacial score (nSPS) is 7.67. The van der Waals surface area contributed by atoms with Gasteiger partial charge >= 0.3 is 0 Å². The minimum absolute atomic E-state index is 0.636. The summed E-state index contributed by atoms with van der Waals surface area (Å²) in [5.74, 6) is 0.636. The first kappa shape index (κ1) is 8.06. The number of rotatable bonds is 4. The Morgan fingerprint density at radius 1 is 1.78 bits per heavy atom. The quantitative estimate of drug-likeness (QED) is 0.317. The van der Waals surface area contributed by atoms with Crippen molar-refractivity contribution in [1.29, 1.82) is 0 Å². The average Bonchev–Trinajstić information content (AvgIpc) is 1.91. The Labute approximate surface area is 56.3 Å². The minimum Gasteiger partial charge on any atom is -0.486 e. The van der Waals surface area contributed by atoms with E-state index in [0.717, 1.165) is 6.42 Å². The average molecular weight is 124 g/mol. The van der Waals surface area contributed by atoms with Crippen LogP contribution in [0.2, 0.25) is 0 Å². The molecule has 0 fully saturated rings. The summed E-state index contributed by atoms with van der Waals surface area (Å²) in [4.78, 5) is 0. The van der Waals surface area contributed by atoms with Crippen LogP contribution < -0.4 is 0 Å². The van der Waals surface area contributed by atoms with Crippen LogP contribution in [0.25, 0.3) is 0 Å². The van der Waals surface area contributed by atoms with Crippen molar-refractivity contribution in [2.45, 2.75) is 13.3 Å². The number of hydrogen-bond donors (Lipinski definition) is 0. The summed E-state index contributed by atoms with van der Waals surface area (Å²) < 4.78 is 5.11. The van der Waals surface area contributed by atoms with Gasteiger partial charge in [0.05, 0.1) is 6.61 Å². The van der Waals surface area contributed by atoms with E-state index in [2.05, 4.69) is 18.9 Å². The lowest BCUT2D eigenvalue weighted by Crippen LogP contribution is -1.88. The predicted molar refractivity (Wildman–Crippen MR) is 39.1 cm³/mol. The number of allylic oxidation sites excluding steroid dienone is 1. The van der Waals surface area contributed by atoms with Crippen molar-refractivity contribution < 1.29 is 4.74 Å². The maximum atomic E-state index is 5.11. The fraction of sp³-hybridized carbons (Fsp3) is 0.375. The molecule has 0 aromatic rings. The van der Waals surface area contributed by atoms with Crippen LogP contribution in [0.5, 0.6) is 0 Å². The third kappa shape index (κ3) is 3.63. The molecule has 0 radical (unpaired) electrons. The van der Waals surface area contributed by atoms with Gasteiger partial charge in [-0.25, -0.2) is 0 Å². The second-order valence-corrected chi connectivity index (χ2v) is 1.59. The standard InChI is InChI=1S/C8H12O/c1-4-7-9-8(5-2)6-3/h5H,2-4,7H2,1H3. The van der Waals surface area contributed by atoms with Gasteiger partial charge in [-0.3, -0.25) is 0 Å². The molecule has 0 rings (SSSR count). The number of hydrogen-bond acceptors (Lipinski definition) is 1. The van der Waals surface area contributed by atoms with Crippen LogP contribution >= 0.6 is 0 Å². The maximum absolute atomic E-state index is 5.11. The van der Waals surface area contributed by atoms with Gasteiger partial charge in [0, 0.05) is 0 Å². The number of ether oxygens (including phenoxy) is 1. The summed E-state index contributed by atoms with van der Waals surface area (Å²) >= 11 is 0. The van der Waals surface area contributed by atoms with E-state index in [9.17, 15) is 0 Å². The molecular weight excluding hydrogens is 112 g/mol. The van der Waals surface area contributed by atoms with Crippen LogP contribution in [0.15, 0.2) is 30.7 Å². The first-order chi connectivity index (χ1) is 4.35. The molecule has 0 bridgehead atoms. The van der Waals surface area contributed by atoms with Crippen molar-refractivity contribution in [3.05, 3.63) is 30.7 Å². The van der Waals surface area contributed by atoms with E-state index in [0.29, 0.717) is 12.4 Å². The van der Waals surface area contributed by atoms with E-state index < -0.39 is 0 Å². The highest BCUT2D eigenvalue weighted by molar-refractivity contribution is 5.05. The third-order valence-corrected chi connectivity index (χ3v) is 0.821. The highest BCUT2D eigenvalue weighted by Crippen LogP contribution is 1.95. The van der Waals surface area contributed by atoms with Crippen LogP contribution in [-0.4, -0.2) is 6.61 Å². The summed E-state index contributed by atoms with van der Waals surface area (Å²) in [5.41, 5.74) is 2.61. The summed E-state index contributed by atoms with van der Waals surface area (Å²) in [6.07, 6.45) is 2.60. The molecule has 0 N–H and O–H groups in total. The minimum atomic E-state index is 0.636. The second-order valence-electron chi connectivity index (χ2n) is 1.59. The van der Waals surface area contributed by atoms with Crippen molar-refractivity contribution in [2.24, 2.45) is 0 Å². The van der Waals surface area contributed by atoms with E-state index in [1.54, 1.807) is 6.08 Å². The van der Waals surface area contributed by atoms with Crippen molar-refractivity contribution in [3.8, 4) is 0 Å². The lowest BCUT2D eigenvalue weighted by atomic mass is 10.5. The predicted octanol–water partition coefficient (Wildman–Crippen LogP) is 2.27. The smallest absolute Gasteiger partial charge is 0.161 e. The molecule has 0 aromatic heterocycles. The summed E-state index contributed by atoms with van der Waals surface area (Å²) in [6.45, 7) is 9.70. The summed E-state index contributed by atoms with van der Waals surface area (Å²) in [7, 11) is 0. The van der Waals surface area contributed by atoms with Crippen molar-refractivity contribution in [3.63, 3.8) is 0 Å². The van der Waals surface area contributed by atoms with Crippen molar-refractivity contribution in [2.75, 3.05) is 6.61 Å². The maximum Gasteiger partial charge on any atom is 0.161 e. The van der Waals surface area contributed by atoms with Gasteiger partial charge in [0.2, 0.25) is 0 Å². The molecule has 0 aliphatic rings. The lowest BCUT2D eigenvalue weighted by Gasteiger charge is -1.99. The largest absolute Gasteiger partial charge is 0.486 e. The first-order valence-electron chi connectivity index (χ1n) is 3.00. The van der Waals surface area contributed by atoms with Gasteiger partial charge in [0.1, 0.15) is 0 Å². The van der Waals surface area contributed by atoms with Gasteiger partial charge in [-0.15, -0.1) is 0 Å². The molecule has 0 saturated carbocycles. The molecule has 0 atom stereocenters. The molecule has 0 heterocycles. The Bertz CT molecular complexity index is 130. The van der Waals surface area contributed by atoms with Gasteiger partial charge in [-0.2, -0.15) is 0 Å². The van der Waals surface area contributed by atoms with Crippen LogP contribution in [-0.2, 0) is 4.74 Å². The van der Waals surface area contributed by atoms with Crippen LogP contribution in [0, 0.1) is 0 Å². The molecule has 9 heavy (non-hydrogen) atoms. The van der Waals surface area contributed by atoms with Crippen LogP contribution in [0.1, 0.15) is 13.3 Å². The first-order valence-corrected chi connectivity index (χ1v) is 3.00. The van der Waals surface area contributed by atoms with Crippen molar-refractivity contribution >= 4 is 0 Å². The highest BCUT2D eigenvalue weighted by Gasteiger charge is 1.84. The zero-order chi connectivity index (χ0) is 7.11. The summed E-state index contributed by atoms with van der Waals surface area (Å²) in [5, 5.41) is 0. The van der Waals surface area contributed by atoms with E-state index in [-0.39, 0.29) is 0 Å². The molecule has 1 heteroatoms. The molecule has 0 unspecified atom stereocenters. The van der Waals surface area contributed by atoms with Gasteiger partial charge in [0.25, 0.3) is 0 Å². The summed E-state index contributed by atoms with van der Waals surface area (Å²) in [6, 6.07) is 0. The Kier molecular flexibility index (Phi) is 4.66. The Morgan fingerprint density at radius 3 is 2.78 bits per heavy atom. The lowest BCUT2D eigenvalue weighted by molar-refractivity contribution is 0.226. The van der Waals surface area contributed by atoms with Crippen LogP contribution in [0.4, 0.5) is 0 Å². The monoisotopic (exact) mass is 124 g/mol. The molecular formula is C8H12O. The van der Waals surface area contributed by atoms with Gasteiger partial charge < -0.3 is 4.74 Å². The highest BCUT2D eigenvalue weighted by atomic mass is 16.5. The SMILES string of the molecule is C=C=C(C=C)OCCC. The topological polar surface area (TPSA) is 9.23 Å². The Morgan fingerprint density at radius 2 is 2.44 bits per heavy atom. The zero-order valence-electron chi connectivity index (χ0n) is 5.81. The molecule has 0 amide bonds. The molecule has 0 aromatic carbocycles. The Hall–Kier alpha value is -0.940. The van der Waals surface area contributed by atoms with Crippen LogP contribution in [0.3, 0.4) is 0 Å². The Balaban J connectivity index is 3.58. The molecule has 0 aliphatic carbocycles. The molecule has 0 saturated heterocycles. The van der Waals surface area contributed by atoms with Gasteiger partial charge in [-0.1, -0.05) is 25.8 Å².